The van der Waals surface area contributed by atoms with Crippen LogP contribution in [0.15, 0.2) is 42.7 Å². The van der Waals surface area contributed by atoms with E-state index >= 15 is 0 Å². The van der Waals surface area contributed by atoms with Crippen molar-refractivity contribution in [2.45, 2.75) is 0 Å². The van der Waals surface area contributed by atoms with Gasteiger partial charge in [0.05, 0.1) is 17.6 Å². The highest BCUT2D eigenvalue weighted by Crippen LogP contribution is 2.19. The van der Waals surface area contributed by atoms with Crippen molar-refractivity contribution in [3.05, 3.63) is 42.7 Å². The maximum absolute atomic E-state index is 12.5. The summed E-state index contributed by atoms with van der Waals surface area (Å²) in [5.74, 6) is 0. The Balaban J connectivity index is 1.69. The van der Waals surface area contributed by atoms with Crippen LogP contribution in [0.2, 0.25) is 0 Å². The van der Waals surface area contributed by atoms with Crippen LogP contribution in [0, 0.1) is 0 Å². The molecule has 1 aromatic carbocycles. The monoisotopic (exact) mass is 349 g/mol. The van der Waals surface area contributed by atoms with E-state index in [-0.39, 0.29) is 6.03 Å². The van der Waals surface area contributed by atoms with Gasteiger partial charge in [0.15, 0.2) is 0 Å². The third-order valence-corrected chi connectivity index (χ3v) is 5.19. The van der Waals surface area contributed by atoms with E-state index in [2.05, 4.69) is 10.4 Å². The average molecular weight is 349 g/mol. The van der Waals surface area contributed by atoms with Crippen molar-refractivity contribution < 1.29 is 13.2 Å². The van der Waals surface area contributed by atoms with Crippen LogP contribution in [0.4, 0.5) is 10.5 Å². The summed E-state index contributed by atoms with van der Waals surface area (Å²) in [6.07, 6.45) is 4.65. The minimum absolute atomic E-state index is 0.247. The number of hydrogen-bond donors (Lipinski definition) is 1. The lowest BCUT2D eigenvalue weighted by Crippen LogP contribution is -2.51. The van der Waals surface area contributed by atoms with E-state index in [9.17, 15) is 13.2 Å². The Morgan fingerprint density at radius 3 is 2.46 bits per heavy atom. The highest BCUT2D eigenvalue weighted by molar-refractivity contribution is 7.88. The summed E-state index contributed by atoms with van der Waals surface area (Å²) >= 11 is 0. The lowest BCUT2D eigenvalue weighted by molar-refractivity contribution is 0.184. The number of para-hydroxylation sites is 2. The Morgan fingerprint density at radius 1 is 1.12 bits per heavy atom. The third-order valence-electron chi connectivity index (χ3n) is 3.89. The molecule has 0 spiro atoms. The molecule has 1 aromatic heterocycles. The zero-order valence-corrected chi connectivity index (χ0v) is 14.1. The van der Waals surface area contributed by atoms with Crippen LogP contribution in [0.3, 0.4) is 0 Å². The predicted molar refractivity (Wildman–Crippen MR) is 90.6 cm³/mol. The van der Waals surface area contributed by atoms with Crippen molar-refractivity contribution in [1.82, 2.24) is 19.0 Å². The first kappa shape index (κ1) is 16.5. The van der Waals surface area contributed by atoms with Crippen molar-refractivity contribution in [3.8, 4) is 5.69 Å². The summed E-state index contributed by atoms with van der Waals surface area (Å²) in [6, 6.07) is 8.94. The van der Waals surface area contributed by atoms with Crippen LogP contribution in [-0.2, 0) is 10.0 Å². The van der Waals surface area contributed by atoms with Crippen molar-refractivity contribution in [1.29, 1.82) is 0 Å². The molecule has 1 saturated heterocycles. The van der Waals surface area contributed by atoms with Crippen LogP contribution in [-0.4, -0.2) is 65.9 Å². The van der Waals surface area contributed by atoms with Crippen LogP contribution < -0.4 is 5.32 Å². The SMILES string of the molecule is CS(=O)(=O)N1CCN(C(=O)Nc2ccccc2-n2cccn2)CC1. The molecule has 0 saturated carbocycles. The number of piperazine rings is 1. The molecule has 8 nitrogen and oxygen atoms in total. The number of carbonyl (C=O) groups excluding carboxylic acids is 1. The molecule has 1 fully saturated rings. The normalized spacial score (nSPS) is 16.1. The molecule has 0 atom stereocenters. The van der Waals surface area contributed by atoms with Gasteiger partial charge in [0.2, 0.25) is 10.0 Å². The summed E-state index contributed by atoms with van der Waals surface area (Å²) in [7, 11) is -3.21. The van der Waals surface area contributed by atoms with Gasteiger partial charge < -0.3 is 10.2 Å². The quantitative estimate of drug-likeness (QED) is 0.895. The molecule has 3 rings (SSSR count). The lowest BCUT2D eigenvalue weighted by atomic mass is 10.2. The lowest BCUT2D eigenvalue weighted by Gasteiger charge is -2.33. The van der Waals surface area contributed by atoms with Crippen molar-refractivity contribution >= 4 is 21.7 Å². The number of anilines is 1. The summed E-state index contributed by atoms with van der Waals surface area (Å²) in [6.45, 7) is 1.35. The maximum atomic E-state index is 12.5. The zero-order chi connectivity index (χ0) is 17.2. The van der Waals surface area contributed by atoms with Gasteiger partial charge in [-0.2, -0.15) is 9.40 Å². The van der Waals surface area contributed by atoms with Gasteiger partial charge in [-0.05, 0) is 18.2 Å². The molecule has 2 heterocycles. The first-order chi connectivity index (χ1) is 11.4. The second kappa shape index (κ2) is 6.62. The topological polar surface area (TPSA) is 87.5 Å². The predicted octanol–water partition coefficient (Wildman–Crippen LogP) is 0.981. The number of urea groups is 1. The fourth-order valence-electron chi connectivity index (χ4n) is 2.61. The Morgan fingerprint density at radius 2 is 1.83 bits per heavy atom. The number of carbonyl (C=O) groups is 1. The average Bonchev–Trinajstić information content (AvgIpc) is 3.09. The van der Waals surface area contributed by atoms with Gasteiger partial charge in [0.1, 0.15) is 0 Å². The fourth-order valence-corrected chi connectivity index (χ4v) is 3.43. The van der Waals surface area contributed by atoms with E-state index < -0.39 is 10.0 Å². The molecule has 128 valence electrons. The van der Waals surface area contributed by atoms with Crippen LogP contribution in [0.1, 0.15) is 0 Å². The van der Waals surface area contributed by atoms with Gasteiger partial charge in [-0.15, -0.1) is 0 Å². The minimum Gasteiger partial charge on any atom is -0.322 e. The largest absolute Gasteiger partial charge is 0.322 e. The van der Waals surface area contributed by atoms with Gasteiger partial charge >= 0.3 is 6.03 Å². The molecule has 1 N–H and O–H groups in total. The van der Waals surface area contributed by atoms with Crippen LogP contribution in [0.5, 0.6) is 0 Å². The Bertz CT molecular complexity index is 811. The molecule has 0 radical (unpaired) electrons. The van der Waals surface area contributed by atoms with Gasteiger partial charge in [-0.1, -0.05) is 12.1 Å². The Hall–Kier alpha value is -2.39. The number of rotatable bonds is 3. The smallest absolute Gasteiger partial charge is 0.321 e. The highest BCUT2D eigenvalue weighted by Gasteiger charge is 2.26. The molecule has 1 aliphatic rings. The number of hydrogen-bond acceptors (Lipinski definition) is 4. The van der Waals surface area contributed by atoms with E-state index in [1.54, 1.807) is 22.0 Å². The molecule has 0 aliphatic carbocycles. The second-order valence-corrected chi connectivity index (χ2v) is 7.53. The van der Waals surface area contributed by atoms with Gasteiger partial charge in [0, 0.05) is 38.6 Å². The second-order valence-electron chi connectivity index (χ2n) is 5.55. The van der Waals surface area contributed by atoms with Crippen molar-refractivity contribution in [2.24, 2.45) is 0 Å². The van der Waals surface area contributed by atoms with Crippen LogP contribution >= 0.6 is 0 Å². The summed E-state index contributed by atoms with van der Waals surface area (Å²) in [4.78, 5) is 14.1. The highest BCUT2D eigenvalue weighted by atomic mass is 32.2. The molecular weight excluding hydrogens is 330 g/mol. The molecule has 1 aliphatic heterocycles. The number of aromatic nitrogens is 2. The molecule has 0 unspecified atom stereocenters. The molecule has 0 bridgehead atoms. The number of benzene rings is 1. The first-order valence-corrected chi connectivity index (χ1v) is 9.40. The fraction of sp³-hybridized carbons (Fsp3) is 0.333. The summed E-state index contributed by atoms with van der Waals surface area (Å²) in [5, 5.41) is 7.06. The van der Waals surface area contributed by atoms with Gasteiger partial charge in [-0.25, -0.2) is 17.9 Å². The van der Waals surface area contributed by atoms with E-state index in [0.29, 0.717) is 31.9 Å². The number of sulfonamides is 1. The standard InChI is InChI=1S/C15H19N5O3S/c1-24(22,23)19-11-9-18(10-12-19)15(21)17-13-5-2-3-6-14(13)20-8-4-7-16-20/h2-8H,9-12H2,1H3,(H,17,21). The number of nitrogens with zero attached hydrogens (tertiary/aromatic N) is 4. The summed E-state index contributed by atoms with van der Waals surface area (Å²) in [5.41, 5.74) is 1.42. The Kier molecular flexibility index (Phi) is 4.54. The van der Waals surface area contributed by atoms with E-state index in [0.717, 1.165) is 5.69 Å². The van der Waals surface area contributed by atoms with Crippen molar-refractivity contribution in [2.75, 3.05) is 37.8 Å². The zero-order valence-electron chi connectivity index (χ0n) is 13.3. The van der Waals surface area contributed by atoms with E-state index in [1.807, 2.05) is 30.3 Å². The molecule has 2 aromatic rings. The van der Waals surface area contributed by atoms with E-state index in [1.165, 1.54) is 10.6 Å². The van der Waals surface area contributed by atoms with Crippen LogP contribution in [0.25, 0.3) is 5.69 Å². The maximum Gasteiger partial charge on any atom is 0.321 e. The first-order valence-electron chi connectivity index (χ1n) is 7.55. The molecular formula is C15H19N5O3S. The minimum atomic E-state index is -3.21. The molecule has 9 heteroatoms. The Labute approximate surface area is 140 Å². The van der Waals surface area contributed by atoms with Crippen molar-refractivity contribution in [3.63, 3.8) is 0 Å². The number of amides is 2. The molecule has 24 heavy (non-hydrogen) atoms. The van der Waals surface area contributed by atoms with Gasteiger partial charge in [0.25, 0.3) is 0 Å². The van der Waals surface area contributed by atoms with E-state index in [4.69, 9.17) is 0 Å². The third kappa shape index (κ3) is 3.57. The number of nitrogens with one attached hydrogen (secondary N) is 1. The molecule has 2 amide bonds. The van der Waals surface area contributed by atoms with Gasteiger partial charge in [-0.3, -0.25) is 0 Å². The summed E-state index contributed by atoms with van der Waals surface area (Å²) < 4.78 is 26.1.